The summed E-state index contributed by atoms with van der Waals surface area (Å²) in [6.45, 7) is 5.48. The minimum Gasteiger partial charge on any atom is -0.393 e. The van der Waals surface area contributed by atoms with Crippen LogP contribution in [0.5, 0.6) is 0 Å². The Balaban J connectivity index is 1.61. The van der Waals surface area contributed by atoms with Gasteiger partial charge in [0.25, 0.3) is 5.91 Å². The Morgan fingerprint density at radius 2 is 1.80 bits per heavy atom. The van der Waals surface area contributed by atoms with Gasteiger partial charge in [-0.25, -0.2) is 0 Å². The van der Waals surface area contributed by atoms with Crippen molar-refractivity contribution in [3.8, 4) is 5.69 Å². The molecule has 2 heterocycles. The van der Waals surface area contributed by atoms with Crippen LogP contribution in [-0.2, 0) is 0 Å². The van der Waals surface area contributed by atoms with Gasteiger partial charge in [0.2, 0.25) is 0 Å². The second kappa shape index (κ2) is 8.54. The van der Waals surface area contributed by atoms with Crippen LogP contribution in [0.25, 0.3) is 5.69 Å². The van der Waals surface area contributed by atoms with Gasteiger partial charge in [-0.3, -0.25) is 4.79 Å². The quantitative estimate of drug-likeness (QED) is 0.623. The summed E-state index contributed by atoms with van der Waals surface area (Å²) in [4.78, 5) is 15.4. The third kappa shape index (κ3) is 4.09. The zero-order chi connectivity index (χ0) is 21.3. The average Bonchev–Trinajstić information content (AvgIpc) is 3.03. The van der Waals surface area contributed by atoms with Crippen molar-refractivity contribution in [3.63, 3.8) is 0 Å². The minimum absolute atomic E-state index is 0.138. The molecular weight excluding hydrogens is 398 g/mol. The molecule has 5 nitrogen and oxygen atoms in total. The fourth-order valence-electron chi connectivity index (χ4n) is 4.16. The first kappa shape index (κ1) is 20.5. The monoisotopic (exact) mass is 423 g/mol. The molecule has 0 spiro atoms. The molecule has 1 fully saturated rings. The smallest absolute Gasteiger partial charge is 0.257 e. The fourth-order valence-corrected chi connectivity index (χ4v) is 4.34. The summed E-state index contributed by atoms with van der Waals surface area (Å²) in [6.07, 6.45) is 1.24. The summed E-state index contributed by atoms with van der Waals surface area (Å²) in [7, 11) is 0. The first-order valence-electron chi connectivity index (χ1n) is 10.2. The van der Waals surface area contributed by atoms with E-state index in [1.54, 1.807) is 0 Å². The first-order valence-corrected chi connectivity index (χ1v) is 10.6. The number of benzene rings is 2. The number of aromatic nitrogens is 1. The molecule has 2 aromatic carbocycles. The Bertz CT molecular complexity index is 1070. The topological polar surface area (TPSA) is 57.5 Å². The second-order valence-corrected chi connectivity index (χ2v) is 8.23. The summed E-state index contributed by atoms with van der Waals surface area (Å²) < 4.78 is 2.04. The molecule has 1 aromatic heterocycles. The number of nitrogens with zero attached hydrogens (tertiary/aromatic N) is 2. The van der Waals surface area contributed by atoms with E-state index in [0.717, 1.165) is 54.4 Å². The van der Waals surface area contributed by atoms with E-state index in [4.69, 9.17) is 11.6 Å². The van der Waals surface area contributed by atoms with Gasteiger partial charge in [-0.05, 0) is 63.1 Å². The highest BCUT2D eigenvalue weighted by molar-refractivity contribution is 6.30. The number of halogens is 1. The van der Waals surface area contributed by atoms with Crippen LogP contribution in [-0.4, -0.2) is 34.8 Å². The van der Waals surface area contributed by atoms with E-state index < -0.39 is 0 Å². The fraction of sp³-hybridized carbons (Fsp3) is 0.292. The summed E-state index contributed by atoms with van der Waals surface area (Å²) in [5.74, 6) is -0.138. The van der Waals surface area contributed by atoms with E-state index in [2.05, 4.69) is 10.2 Å². The highest BCUT2D eigenvalue weighted by Crippen LogP contribution is 2.30. The maximum absolute atomic E-state index is 13.2. The van der Waals surface area contributed by atoms with Gasteiger partial charge in [-0.2, -0.15) is 0 Å². The van der Waals surface area contributed by atoms with Crippen molar-refractivity contribution in [1.29, 1.82) is 0 Å². The molecule has 1 aliphatic rings. The van der Waals surface area contributed by atoms with E-state index in [1.807, 2.05) is 73.0 Å². The minimum atomic E-state index is -0.236. The van der Waals surface area contributed by atoms with E-state index >= 15 is 0 Å². The van der Waals surface area contributed by atoms with Crippen molar-refractivity contribution in [2.45, 2.75) is 32.8 Å². The van der Waals surface area contributed by atoms with Gasteiger partial charge in [0, 0.05) is 35.2 Å². The van der Waals surface area contributed by atoms with Crippen molar-refractivity contribution in [2.24, 2.45) is 0 Å². The lowest BCUT2D eigenvalue weighted by molar-refractivity contribution is 0.102. The predicted octanol–water partition coefficient (Wildman–Crippen LogP) is 4.96. The number of para-hydroxylation sites is 2. The zero-order valence-electron chi connectivity index (χ0n) is 17.2. The van der Waals surface area contributed by atoms with Crippen LogP contribution >= 0.6 is 11.6 Å². The lowest BCUT2D eigenvalue weighted by Crippen LogP contribution is -2.36. The summed E-state index contributed by atoms with van der Waals surface area (Å²) in [6, 6.07) is 17.4. The molecule has 4 rings (SSSR count). The highest BCUT2D eigenvalue weighted by Gasteiger charge is 2.22. The SMILES string of the molecule is Cc1cc(C(=O)Nc2ccccc2N2CCC(O)CC2)c(C)n1-c1cccc(Cl)c1. The van der Waals surface area contributed by atoms with Gasteiger partial charge < -0.3 is 19.9 Å². The maximum Gasteiger partial charge on any atom is 0.257 e. The van der Waals surface area contributed by atoms with Crippen molar-refractivity contribution >= 4 is 28.9 Å². The molecule has 3 aromatic rings. The molecule has 2 N–H and O–H groups in total. The number of amides is 1. The molecule has 0 bridgehead atoms. The summed E-state index contributed by atoms with van der Waals surface area (Å²) in [5.41, 5.74) is 5.18. The number of aliphatic hydroxyl groups is 1. The largest absolute Gasteiger partial charge is 0.393 e. The molecule has 0 saturated carbocycles. The first-order chi connectivity index (χ1) is 14.4. The normalized spacial score (nSPS) is 14.7. The zero-order valence-corrected chi connectivity index (χ0v) is 18.0. The van der Waals surface area contributed by atoms with Gasteiger partial charge in [0.05, 0.1) is 23.0 Å². The van der Waals surface area contributed by atoms with Crippen molar-refractivity contribution in [1.82, 2.24) is 4.57 Å². The Kier molecular flexibility index (Phi) is 5.84. The molecule has 0 aliphatic carbocycles. The number of carbonyl (C=O) groups excluding carboxylic acids is 1. The lowest BCUT2D eigenvalue weighted by atomic mass is 10.1. The van der Waals surface area contributed by atoms with Gasteiger partial charge >= 0.3 is 0 Å². The third-order valence-corrected chi connectivity index (χ3v) is 5.93. The molecule has 1 aliphatic heterocycles. The Morgan fingerprint density at radius 1 is 1.07 bits per heavy atom. The molecule has 1 amide bonds. The van der Waals surface area contributed by atoms with Crippen LogP contribution in [0, 0.1) is 13.8 Å². The molecule has 30 heavy (non-hydrogen) atoms. The molecule has 1 saturated heterocycles. The van der Waals surface area contributed by atoms with Crippen LogP contribution in [0.1, 0.15) is 34.6 Å². The third-order valence-electron chi connectivity index (χ3n) is 5.70. The summed E-state index contributed by atoms with van der Waals surface area (Å²) >= 11 is 6.16. The van der Waals surface area contributed by atoms with Crippen molar-refractivity contribution in [2.75, 3.05) is 23.3 Å². The van der Waals surface area contributed by atoms with Crippen molar-refractivity contribution in [3.05, 3.63) is 76.6 Å². The van der Waals surface area contributed by atoms with Crippen LogP contribution in [0.15, 0.2) is 54.6 Å². The maximum atomic E-state index is 13.2. The van der Waals surface area contributed by atoms with Crippen LogP contribution in [0.3, 0.4) is 0 Å². The van der Waals surface area contributed by atoms with Crippen LogP contribution in [0.2, 0.25) is 5.02 Å². The number of rotatable bonds is 4. The van der Waals surface area contributed by atoms with Crippen molar-refractivity contribution < 1.29 is 9.90 Å². The predicted molar refractivity (Wildman–Crippen MR) is 122 cm³/mol. The van der Waals surface area contributed by atoms with E-state index in [1.165, 1.54) is 0 Å². The molecule has 156 valence electrons. The van der Waals surface area contributed by atoms with Gasteiger partial charge in [0.15, 0.2) is 0 Å². The Labute approximate surface area is 181 Å². The molecule has 0 atom stereocenters. The van der Waals surface area contributed by atoms with E-state index in [-0.39, 0.29) is 12.0 Å². The number of hydrogen-bond donors (Lipinski definition) is 2. The Hall–Kier alpha value is -2.76. The van der Waals surface area contributed by atoms with Gasteiger partial charge in [-0.15, -0.1) is 0 Å². The highest BCUT2D eigenvalue weighted by atomic mass is 35.5. The molecule has 0 unspecified atom stereocenters. The number of anilines is 2. The van der Waals surface area contributed by atoms with Gasteiger partial charge in [-0.1, -0.05) is 29.8 Å². The van der Waals surface area contributed by atoms with Crippen LogP contribution in [0.4, 0.5) is 11.4 Å². The number of nitrogens with one attached hydrogen (secondary N) is 1. The molecular formula is C24H26ClN3O2. The lowest BCUT2D eigenvalue weighted by Gasteiger charge is -2.32. The number of piperidine rings is 1. The van der Waals surface area contributed by atoms with E-state index in [0.29, 0.717) is 10.6 Å². The average molecular weight is 424 g/mol. The van der Waals surface area contributed by atoms with Gasteiger partial charge in [0.1, 0.15) is 0 Å². The standard InChI is InChI=1S/C24H26ClN3O2/c1-16-14-21(17(2)28(16)19-7-5-6-18(25)15-19)24(30)26-22-8-3-4-9-23(22)27-12-10-20(29)11-13-27/h3-9,14-15,20,29H,10-13H2,1-2H3,(H,26,30). The number of carbonyl (C=O) groups is 1. The molecule has 6 heteroatoms. The second-order valence-electron chi connectivity index (χ2n) is 7.79. The summed E-state index contributed by atoms with van der Waals surface area (Å²) in [5, 5.41) is 13.6. The van der Waals surface area contributed by atoms with E-state index in [9.17, 15) is 9.90 Å². The van der Waals surface area contributed by atoms with Crippen LogP contribution < -0.4 is 10.2 Å². The number of hydrogen-bond acceptors (Lipinski definition) is 3. The number of aryl methyl sites for hydroxylation is 1. The Morgan fingerprint density at radius 3 is 2.53 bits per heavy atom. The molecule has 0 radical (unpaired) electrons. The number of aliphatic hydroxyl groups excluding tert-OH is 1.